The van der Waals surface area contributed by atoms with Gasteiger partial charge in [0.2, 0.25) is 0 Å². The number of benzene rings is 1. The Hall–Kier alpha value is -1.77. The van der Waals surface area contributed by atoms with Gasteiger partial charge in [-0.1, -0.05) is 30.4 Å². The Morgan fingerprint density at radius 1 is 1.33 bits per heavy atom. The summed E-state index contributed by atoms with van der Waals surface area (Å²) < 4.78 is 5.19. The highest BCUT2D eigenvalue weighted by Crippen LogP contribution is 2.16. The molecule has 1 amide bonds. The fourth-order valence-corrected chi connectivity index (χ4v) is 1.53. The number of likely N-dealkylation sites (tertiary alicyclic amines) is 1. The van der Waals surface area contributed by atoms with Crippen LogP contribution in [0.2, 0.25) is 0 Å². The van der Waals surface area contributed by atoms with Crippen LogP contribution < -0.4 is 4.74 Å². The molecule has 1 saturated heterocycles. The molecule has 0 unspecified atom stereocenters. The van der Waals surface area contributed by atoms with E-state index in [1.165, 1.54) is 0 Å². The zero-order valence-electron chi connectivity index (χ0n) is 8.48. The molecule has 0 saturated carbocycles. The van der Waals surface area contributed by atoms with E-state index in [1.54, 1.807) is 17.0 Å². The first-order valence-electron chi connectivity index (χ1n) is 4.94. The summed E-state index contributed by atoms with van der Waals surface area (Å²) in [5.41, 5.74) is 1.08. The van der Waals surface area contributed by atoms with Crippen LogP contribution in [0.5, 0.6) is 5.75 Å². The highest BCUT2D eigenvalue weighted by Gasteiger charge is 2.21. The van der Waals surface area contributed by atoms with Crippen molar-refractivity contribution in [3.8, 4) is 5.75 Å². The minimum atomic E-state index is -0.292. The van der Waals surface area contributed by atoms with Gasteiger partial charge in [0.25, 0.3) is 0 Å². The number of carbonyl (C=O) groups is 1. The third-order valence-electron chi connectivity index (χ3n) is 2.36. The van der Waals surface area contributed by atoms with E-state index in [1.807, 2.05) is 18.2 Å². The maximum atomic E-state index is 11.6. The van der Waals surface area contributed by atoms with Gasteiger partial charge in [0.1, 0.15) is 5.75 Å². The van der Waals surface area contributed by atoms with Crippen molar-refractivity contribution in [3.05, 3.63) is 42.5 Å². The Balaban J connectivity index is 1.96. The normalized spacial score (nSPS) is 15.5. The van der Waals surface area contributed by atoms with Crippen LogP contribution in [0, 0.1) is 0 Å². The second-order valence-corrected chi connectivity index (χ2v) is 3.60. The van der Waals surface area contributed by atoms with Gasteiger partial charge in [-0.05, 0) is 18.6 Å². The van der Waals surface area contributed by atoms with Crippen LogP contribution in [0.15, 0.2) is 42.5 Å². The maximum Gasteiger partial charge on any atom is 0.415 e. The predicted molar refractivity (Wildman–Crippen MR) is 57.8 cm³/mol. The summed E-state index contributed by atoms with van der Waals surface area (Å²) in [5.74, 6) is 0.583. The Morgan fingerprint density at radius 3 is 2.67 bits per heavy atom. The lowest BCUT2D eigenvalue weighted by atomic mass is 10.3. The largest absolute Gasteiger partial charge is 0.415 e. The molecule has 1 aliphatic heterocycles. The van der Waals surface area contributed by atoms with Crippen molar-refractivity contribution in [2.45, 2.75) is 6.42 Å². The summed E-state index contributed by atoms with van der Waals surface area (Å²) >= 11 is 0. The van der Waals surface area contributed by atoms with E-state index in [0.29, 0.717) is 18.8 Å². The zero-order valence-corrected chi connectivity index (χ0v) is 8.48. The number of nitrogens with zero attached hydrogens (tertiary/aromatic N) is 1. The van der Waals surface area contributed by atoms with Crippen LogP contribution in [0.1, 0.15) is 6.42 Å². The van der Waals surface area contributed by atoms with Crippen molar-refractivity contribution < 1.29 is 9.53 Å². The summed E-state index contributed by atoms with van der Waals surface area (Å²) in [6, 6.07) is 9.09. The van der Waals surface area contributed by atoms with Gasteiger partial charge in [-0.2, -0.15) is 0 Å². The van der Waals surface area contributed by atoms with E-state index in [0.717, 1.165) is 12.0 Å². The highest BCUT2D eigenvalue weighted by molar-refractivity contribution is 5.71. The molecule has 78 valence electrons. The third kappa shape index (κ3) is 2.37. The molecular weight excluding hydrogens is 190 g/mol. The molecular formula is C12H13NO2. The van der Waals surface area contributed by atoms with E-state index in [-0.39, 0.29) is 6.09 Å². The fourth-order valence-electron chi connectivity index (χ4n) is 1.53. The van der Waals surface area contributed by atoms with Gasteiger partial charge in [0.15, 0.2) is 0 Å². The molecule has 1 heterocycles. The molecule has 0 N–H and O–H groups in total. The summed E-state index contributed by atoms with van der Waals surface area (Å²) in [4.78, 5) is 13.3. The van der Waals surface area contributed by atoms with Crippen molar-refractivity contribution in [1.82, 2.24) is 4.90 Å². The molecule has 15 heavy (non-hydrogen) atoms. The van der Waals surface area contributed by atoms with Crippen LogP contribution in [-0.2, 0) is 0 Å². The quantitative estimate of drug-likeness (QED) is 0.656. The number of hydrogen-bond donors (Lipinski definition) is 0. The lowest BCUT2D eigenvalue weighted by Gasteiger charge is -2.14. The second kappa shape index (κ2) is 4.17. The van der Waals surface area contributed by atoms with Crippen molar-refractivity contribution in [2.24, 2.45) is 0 Å². The van der Waals surface area contributed by atoms with E-state index in [4.69, 9.17) is 4.74 Å². The topological polar surface area (TPSA) is 29.5 Å². The summed E-state index contributed by atoms with van der Waals surface area (Å²) in [6.07, 6.45) is 0.587. The number of carbonyl (C=O) groups excluding carboxylic acids is 1. The van der Waals surface area contributed by atoms with E-state index < -0.39 is 0 Å². The Kier molecular flexibility index (Phi) is 2.72. The van der Waals surface area contributed by atoms with Crippen LogP contribution >= 0.6 is 0 Å². The first kappa shape index (κ1) is 9.77. The number of rotatable bonds is 1. The Bertz CT molecular complexity index is 372. The molecule has 3 nitrogen and oxygen atoms in total. The standard InChI is InChI=1S/C12H13NO2/c1-10-7-8-13(9-10)12(14)15-11-5-3-2-4-6-11/h2-6H,1,7-9H2. The van der Waals surface area contributed by atoms with Crippen molar-refractivity contribution >= 4 is 6.09 Å². The first-order chi connectivity index (χ1) is 7.25. The molecule has 0 bridgehead atoms. The lowest BCUT2D eigenvalue weighted by molar-refractivity contribution is 0.163. The molecule has 1 aromatic carbocycles. The van der Waals surface area contributed by atoms with Crippen molar-refractivity contribution in [3.63, 3.8) is 0 Å². The minimum absolute atomic E-state index is 0.292. The molecule has 1 fully saturated rings. The van der Waals surface area contributed by atoms with Gasteiger partial charge in [-0.15, -0.1) is 0 Å². The van der Waals surface area contributed by atoms with Crippen LogP contribution in [0.3, 0.4) is 0 Å². The number of ether oxygens (including phenoxy) is 1. The maximum absolute atomic E-state index is 11.6. The molecule has 0 atom stereocenters. The van der Waals surface area contributed by atoms with Gasteiger partial charge < -0.3 is 9.64 Å². The number of amides is 1. The van der Waals surface area contributed by atoms with Crippen LogP contribution in [0.25, 0.3) is 0 Å². The second-order valence-electron chi connectivity index (χ2n) is 3.60. The predicted octanol–water partition coefficient (Wildman–Crippen LogP) is 2.45. The SMILES string of the molecule is C=C1CCN(C(=O)Oc2ccccc2)C1. The zero-order chi connectivity index (χ0) is 10.7. The van der Waals surface area contributed by atoms with Crippen molar-refractivity contribution in [1.29, 1.82) is 0 Å². The van der Waals surface area contributed by atoms with E-state index >= 15 is 0 Å². The van der Waals surface area contributed by atoms with Gasteiger partial charge in [-0.25, -0.2) is 4.79 Å². The Morgan fingerprint density at radius 2 is 2.07 bits per heavy atom. The van der Waals surface area contributed by atoms with Crippen LogP contribution in [0.4, 0.5) is 4.79 Å². The molecule has 2 rings (SSSR count). The fraction of sp³-hybridized carbons (Fsp3) is 0.250. The lowest BCUT2D eigenvalue weighted by Crippen LogP contribution is -2.30. The number of para-hydroxylation sites is 1. The molecule has 1 aliphatic rings. The van der Waals surface area contributed by atoms with Gasteiger partial charge >= 0.3 is 6.09 Å². The highest BCUT2D eigenvalue weighted by atomic mass is 16.6. The molecule has 0 aliphatic carbocycles. The minimum Gasteiger partial charge on any atom is -0.410 e. The molecule has 3 heteroatoms. The average molecular weight is 203 g/mol. The molecule has 1 aromatic rings. The van der Waals surface area contributed by atoms with Gasteiger partial charge in [0, 0.05) is 13.1 Å². The van der Waals surface area contributed by atoms with E-state index in [9.17, 15) is 4.79 Å². The van der Waals surface area contributed by atoms with E-state index in [2.05, 4.69) is 6.58 Å². The average Bonchev–Trinajstić information content (AvgIpc) is 2.66. The van der Waals surface area contributed by atoms with Gasteiger partial charge in [0.05, 0.1) is 0 Å². The third-order valence-corrected chi connectivity index (χ3v) is 2.36. The summed E-state index contributed by atoms with van der Waals surface area (Å²) in [5, 5.41) is 0. The molecule has 0 radical (unpaired) electrons. The smallest absolute Gasteiger partial charge is 0.410 e. The Labute approximate surface area is 89.0 Å². The number of hydrogen-bond acceptors (Lipinski definition) is 2. The van der Waals surface area contributed by atoms with Gasteiger partial charge in [-0.3, -0.25) is 0 Å². The molecule has 0 aromatic heterocycles. The first-order valence-corrected chi connectivity index (χ1v) is 4.94. The van der Waals surface area contributed by atoms with Crippen molar-refractivity contribution in [2.75, 3.05) is 13.1 Å². The molecule has 0 spiro atoms. The van der Waals surface area contributed by atoms with Crippen LogP contribution in [-0.4, -0.2) is 24.1 Å². The summed E-state index contributed by atoms with van der Waals surface area (Å²) in [7, 11) is 0. The summed E-state index contributed by atoms with van der Waals surface area (Å²) in [6.45, 7) is 5.17. The monoisotopic (exact) mass is 203 g/mol.